The molecule has 9 heteroatoms. The van der Waals surface area contributed by atoms with Gasteiger partial charge >= 0.3 is 6.18 Å². The Morgan fingerprint density at radius 1 is 1.40 bits per heavy atom. The Bertz CT molecular complexity index is 817. The molecule has 0 bridgehead atoms. The van der Waals surface area contributed by atoms with Gasteiger partial charge in [-0.05, 0) is 18.6 Å². The fraction of sp³-hybridized carbons (Fsp3) is 0.312. The number of nitrogens with two attached hydrogens (primary N) is 1. The molecule has 0 fully saturated rings. The van der Waals surface area contributed by atoms with Crippen LogP contribution in [0, 0.1) is 0 Å². The zero-order chi connectivity index (χ0) is 18.4. The van der Waals surface area contributed by atoms with E-state index in [-0.39, 0.29) is 5.71 Å². The van der Waals surface area contributed by atoms with Gasteiger partial charge in [0.15, 0.2) is 0 Å². The molecule has 0 radical (unpaired) electrons. The van der Waals surface area contributed by atoms with Gasteiger partial charge in [-0.1, -0.05) is 13.0 Å². The number of aromatic nitrogens is 2. The van der Waals surface area contributed by atoms with E-state index in [0.29, 0.717) is 5.56 Å². The predicted octanol–water partition coefficient (Wildman–Crippen LogP) is 2.60. The molecule has 0 aliphatic heterocycles. The molecule has 2 aromatic rings. The molecule has 0 saturated carbocycles. The van der Waals surface area contributed by atoms with E-state index in [4.69, 9.17) is 5.84 Å². The summed E-state index contributed by atoms with van der Waals surface area (Å²) in [4.78, 5) is 3.33. The molecular weight excluding hydrogens is 333 g/mol. The summed E-state index contributed by atoms with van der Waals surface area (Å²) in [6, 6.07) is 3.52. The molecule has 2 aromatic heterocycles. The van der Waals surface area contributed by atoms with Crippen LogP contribution in [0.1, 0.15) is 24.5 Å². The van der Waals surface area contributed by atoms with Gasteiger partial charge in [-0.15, -0.1) is 0 Å². The highest BCUT2D eigenvalue weighted by molar-refractivity contribution is 6.38. The normalized spacial score (nSPS) is 13.8. The number of nitrogens with one attached hydrogen (secondary N) is 1. The van der Waals surface area contributed by atoms with Crippen molar-refractivity contribution in [1.29, 1.82) is 0 Å². The topological polar surface area (TPSA) is 80.1 Å². The maximum Gasteiger partial charge on any atom is 0.407 e. The summed E-state index contributed by atoms with van der Waals surface area (Å²) >= 11 is 0. The van der Waals surface area contributed by atoms with Crippen LogP contribution < -0.4 is 11.2 Å². The van der Waals surface area contributed by atoms with Crippen LogP contribution in [0.5, 0.6) is 0 Å². The zero-order valence-electron chi connectivity index (χ0n) is 13.9. The van der Waals surface area contributed by atoms with Crippen LogP contribution in [0.25, 0.3) is 11.2 Å². The fourth-order valence-electron chi connectivity index (χ4n) is 2.31. The van der Waals surface area contributed by atoms with Gasteiger partial charge in [0.1, 0.15) is 12.3 Å². The van der Waals surface area contributed by atoms with Gasteiger partial charge in [-0.3, -0.25) is 4.99 Å². The highest BCUT2D eigenvalue weighted by atomic mass is 19.4. The number of aliphatic imine (C=N–C) groups is 1. The Balaban J connectivity index is 2.34. The lowest BCUT2D eigenvalue weighted by atomic mass is 10.1. The average Bonchev–Trinajstić information content (AvgIpc) is 2.98. The van der Waals surface area contributed by atoms with E-state index in [9.17, 15) is 13.2 Å². The van der Waals surface area contributed by atoms with E-state index in [1.54, 1.807) is 29.0 Å². The number of hydrogen-bond acceptors (Lipinski definition) is 5. The van der Waals surface area contributed by atoms with Gasteiger partial charge in [-0.2, -0.15) is 23.4 Å². The molecule has 6 nitrogen and oxygen atoms in total. The average molecular weight is 352 g/mol. The van der Waals surface area contributed by atoms with Crippen molar-refractivity contribution in [2.75, 3.05) is 13.6 Å². The summed E-state index contributed by atoms with van der Waals surface area (Å²) in [5, 5.41) is 10.9. The molecule has 0 aromatic carbocycles. The Morgan fingerprint density at radius 3 is 2.76 bits per heavy atom. The highest BCUT2D eigenvalue weighted by Crippen LogP contribution is 2.19. The number of fused-ring (bicyclic) bond motifs is 1. The van der Waals surface area contributed by atoms with Gasteiger partial charge in [0, 0.05) is 36.3 Å². The number of alkyl halides is 3. The summed E-state index contributed by atoms with van der Waals surface area (Å²) < 4.78 is 38.2. The Labute approximate surface area is 142 Å². The van der Waals surface area contributed by atoms with Crippen molar-refractivity contribution in [2.24, 2.45) is 15.9 Å². The molecule has 2 rings (SSSR count). The predicted molar refractivity (Wildman–Crippen MR) is 92.7 cm³/mol. The number of allylic oxidation sites excluding steroid dienone is 1. The number of pyridine rings is 1. The lowest BCUT2D eigenvalue weighted by Gasteiger charge is -2.06. The van der Waals surface area contributed by atoms with Crippen LogP contribution in [0.4, 0.5) is 13.2 Å². The SMILES string of the molecule is CC/C=C(/NC)c1cnn2cc(/C(C=NCC(F)(F)F)=N/N)ccc12. The maximum absolute atomic E-state index is 12.2. The number of rotatable bonds is 6. The molecule has 0 spiro atoms. The number of nitrogens with zero attached hydrogens (tertiary/aromatic N) is 4. The van der Waals surface area contributed by atoms with E-state index < -0.39 is 12.7 Å². The van der Waals surface area contributed by atoms with E-state index in [0.717, 1.165) is 29.4 Å². The van der Waals surface area contributed by atoms with E-state index in [2.05, 4.69) is 20.5 Å². The third kappa shape index (κ3) is 4.59. The van der Waals surface area contributed by atoms with Gasteiger partial charge in [0.2, 0.25) is 0 Å². The standard InChI is InChI=1S/C16H19F3N6/c1-3-4-13(21-2)12-7-23-25-9-11(5-6-15(12)25)14(24-20)8-22-10-16(17,18)19/h4-9,21H,3,10,20H2,1-2H3/b13-4+,22-8?,24-14+. The first-order valence-electron chi connectivity index (χ1n) is 7.60. The molecule has 25 heavy (non-hydrogen) atoms. The molecule has 0 amide bonds. The Kier molecular flexibility index (Phi) is 5.79. The van der Waals surface area contributed by atoms with Crippen molar-refractivity contribution >= 4 is 23.1 Å². The Morgan fingerprint density at radius 2 is 2.16 bits per heavy atom. The Hall–Kier alpha value is -2.84. The van der Waals surface area contributed by atoms with Crippen LogP contribution >= 0.6 is 0 Å². The smallest absolute Gasteiger partial charge is 0.388 e. The van der Waals surface area contributed by atoms with Gasteiger partial charge < -0.3 is 11.2 Å². The third-order valence-corrected chi connectivity index (χ3v) is 3.40. The van der Waals surface area contributed by atoms with E-state index >= 15 is 0 Å². The van der Waals surface area contributed by atoms with E-state index in [1.165, 1.54) is 0 Å². The van der Waals surface area contributed by atoms with Crippen molar-refractivity contribution in [3.63, 3.8) is 0 Å². The van der Waals surface area contributed by atoms with Crippen LogP contribution in [-0.2, 0) is 0 Å². The first kappa shape index (κ1) is 18.5. The van der Waals surface area contributed by atoms with Crippen LogP contribution in [0.3, 0.4) is 0 Å². The van der Waals surface area contributed by atoms with Gasteiger partial charge in [0.25, 0.3) is 0 Å². The summed E-state index contributed by atoms with van der Waals surface area (Å²) in [6.07, 6.45) is 2.91. The fourth-order valence-corrected chi connectivity index (χ4v) is 2.31. The van der Waals surface area contributed by atoms with Crippen molar-refractivity contribution in [3.05, 3.63) is 41.7 Å². The molecule has 0 aliphatic rings. The number of halogens is 3. The number of hydrazone groups is 1. The molecule has 0 atom stereocenters. The molecule has 2 heterocycles. The lowest BCUT2D eigenvalue weighted by Crippen LogP contribution is -2.14. The van der Waals surface area contributed by atoms with Gasteiger partial charge in [0.05, 0.1) is 11.7 Å². The minimum absolute atomic E-state index is 0.140. The van der Waals surface area contributed by atoms with Gasteiger partial charge in [-0.25, -0.2) is 4.52 Å². The monoisotopic (exact) mass is 352 g/mol. The summed E-state index contributed by atoms with van der Waals surface area (Å²) in [6.45, 7) is 0.749. The highest BCUT2D eigenvalue weighted by Gasteiger charge is 2.26. The minimum atomic E-state index is -4.37. The van der Waals surface area contributed by atoms with Crippen molar-refractivity contribution in [3.8, 4) is 0 Å². The van der Waals surface area contributed by atoms with Crippen LogP contribution in [0.2, 0.25) is 0 Å². The van der Waals surface area contributed by atoms with Crippen LogP contribution in [0.15, 0.2) is 40.7 Å². The van der Waals surface area contributed by atoms with Crippen molar-refractivity contribution in [2.45, 2.75) is 19.5 Å². The molecule has 0 saturated heterocycles. The first-order valence-corrected chi connectivity index (χ1v) is 7.60. The third-order valence-electron chi connectivity index (χ3n) is 3.40. The second kappa shape index (κ2) is 7.82. The summed E-state index contributed by atoms with van der Waals surface area (Å²) in [7, 11) is 1.83. The second-order valence-corrected chi connectivity index (χ2v) is 5.18. The summed E-state index contributed by atoms with van der Waals surface area (Å²) in [5.41, 5.74) is 3.38. The first-order chi connectivity index (χ1) is 11.9. The molecule has 134 valence electrons. The summed E-state index contributed by atoms with van der Waals surface area (Å²) in [5.74, 6) is 5.28. The molecule has 0 aliphatic carbocycles. The molecular formula is C16H19F3N6. The molecule has 0 unspecified atom stereocenters. The second-order valence-electron chi connectivity index (χ2n) is 5.18. The number of hydrogen-bond donors (Lipinski definition) is 2. The lowest BCUT2D eigenvalue weighted by molar-refractivity contribution is -0.118. The van der Waals surface area contributed by atoms with Crippen molar-refractivity contribution in [1.82, 2.24) is 14.9 Å². The zero-order valence-corrected chi connectivity index (χ0v) is 13.9. The largest absolute Gasteiger partial charge is 0.407 e. The van der Waals surface area contributed by atoms with E-state index in [1.807, 2.05) is 20.0 Å². The van der Waals surface area contributed by atoms with Crippen molar-refractivity contribution < 1.29 is 13.2 Å². The van der Waals surface area contributed by atoms with Crippen LogP contribution in [-0.4, -0.2) is 41.3 Å². The minimum Gasteiger partial charge on any atom is -0.388 e. The quantitative estimate of drug-likeness (QED) is 0.476. The molecule has 3 N–H and O–H groups in total. The maximum atomic E-state index is 12.2.